The summed E-state index contributed by atoms with van der Waals surface area (Å²) in [7, 11) is 4.10. The molecule has 0 bridgehead atoms. The predicted octanol–water partition coefficient (Wildman–Crippen LogP) is 3.47. The van der Waals surface area contributed by atoms with Crippen LogP contribution < -0.4 is 5.32 Å². The normalized spacial score (nSPS) is 14.0. The minimum absolute atomic E-state index is 0.0548. The summed E-state index contributed by atoms with van der Waals surface area (Å²) in [6.45, 7) is 7.17. The molecule has 1 unspecified atom stereocenters. The molecule has 1 rings (SSSR count). The van der Waals surface area contributed by atoms with Crippen molar-refractivity contribution in [3.8, 4) is 0 Å². The van der Waals surface area contributed by atoms with Crippen molar-refractivity contribution < 1.29 is 4.39 Å². The van der Waals surface area contributed by atoms with E-state index in [2.05, 4.69) is 24.1 Å². The zero-order valence-electron chi connectivity index (χ0n) is 11.7. The van der Waals surface area contributed by atoms with E-state index >= 15 is 0 Å². The first kappa shape index (κ1) is 15.4. The monoisotopic (exact) mass is 272 g/mol. The van der Waals surface area contributed by atoms with E-state index in [4.69, 9.17) is 11.6 Å². The Balaban J connectivity index is 2.66. The molecule has 0 radical (unpaired) electrons. The van der Waals surface area contributed by atoms with Crippen molar-refractivity contribution in [3.63, 3.8) is 0 Å². The third-order valence-electron chi connectivity index (χ3n) is 3.50. The molecule has 0 aliphatic heterocycles. The average molecular weight is 273 g/mol. The Labute approximate surface area is 114 Å². The van der Waals surface area contributed by atoms with E-state index in [1.165, 1.54) is 6.07 Å². The van der Waals surface area contributed by atoms with Crippen molar-refractivity contribution in [2.45, 2.75) is 32.4 Å². The van der Waals surface area contributed by atoms with Crippen LogP contribution in [-0.4, -0.2) is 31.1 Å². The zero-order chi connectivity index (χ0) is 13.9. The molecule has 0 spiro atoms. The Morgan fingerprint density at radius 1 is 1.39 bits per heavy atom. The van der Waals surface area contributed by atoms with Crippen molar-refractivity contribution in [2.24, 2.45) is 0 Å². The second-order valence-electron chi connectivity index (χ2n) is 5.48. The van der Waals surface area contributed by atoms with E-state index in [9.17, 15) is 4.39 Å². The van der Waals surface area contributed by atoms with E-state index in [1.54, 1.807) is 6.07 Å². The van der Waals surface area contributed by atoms with Crippen LogP contribution in [0.25, 0.3) is 0 Å². The maximum atomic E-state index is 13.4. The van der Waals surface area contributed by atoms with Gasteiger partial charge in [-0.05, 0) is 52.6 Å². The zero-order valence-corrected chi connectivity index (χ0v) is 12.5. The summed E-state index contributed by atoms with van der Waals surface area (Å²) >= 11 is 5.67. The largest absolute Gasteiger partial charge is 0.308 e. The summed E-state index contributed by atoms with van der Waals surface area (Å²) in [5.41, 5.74) is 0.964. The topological polar surface area (TPSA) is 15.3 Å². The Bertz CT molecular complexity index is 405. The highest BCUT2D eigenvalue weighted by molar-refractivity contribution is 6.30. The number of halogens is 2. The Morgan fingerprint density at radius 3 is 2.50 bits per heavy atom. The van der Waals surface area contributed by atoms with Gasteiger partial charge in [0.05, 0.1) is 5.02 Å². The van der Waals surface area contributed by atoms with Gasteiger partial charge in [0.2, 0.25) is 0 Å². The number of rotatable bonds is 5. The number of likely N-dealkylation sites (N-methyl/N-ethyl adjacent to an activating group) is 1. The Hall–Kier alpha value is -0.640. The molecule has 4 heteroatoms. The fraction of sp³-hybridized carbons (Fsp3) is 0.571. The van der Waals surface area contributed by atoms with E-state index in [0.29, 0.717) is 0 Å². The predicted molar refractivity (Wildman–Crippen MR) is 75.6 cm³/mol. The molecule has 0 saturated carbocycles. The van der Waals surface area contributed by atoms with Gasteiger partial charge in [-0.15, -0.1) is 0 Å². The molecule has 102 valence electrons. The van der Waals surface area contributed by atoms with Crippen LogP contribution in [0.5, 0.6) is 0 Å². The third kappa shape index (κ3) is 3.94. The fourth-order valence-corrected chi connectivity index (χ4v) is 1.58. The van der Waals surface area contributed by atoms with Gasteiger partial charge in [-0.1, -0.05) is 17.7 Å². The van der Waals surface area contributed by atoms with Gasteiger partial charge in [0.25, 0.3) is 0 Å². The summed E-state index contributed by atoms with van der Waals surface area (Å²) in [6, 6.07) is 5.03. The number of benzene rings is 1. The minimum Gasteiger partial charge on any atom is -0.308 e. The van der Waals surface area contributed by atoms with E-state index in [1.807, 2.05) is 27.1 Å². The standard InChI is InChI=1S/C14H22ClFN2/c1-10(17-9-14(2,3)18(4)5)11-6-7-12(15)13(16)8-11/h6-8,10,17H,9H2,1-5H3. The Kier molecular flexibility index (Phi) is 5.14. The van der Waals surface area contributed by atoms with Gasteiger partial charge in [0, 0.05) is 18.1 Å². The molecule has 0 heterocycles. The third-order valence-corrected chi connectivity index (χ3v) is 3.80. The van der Waals surface area contributed by atoms with Gasteiger partial charge in [-0.2, -0.15) is 0 Å². The molecule has 0 aliphatic rings. The summed E-state index contributed by atoms with van der Waals surface area (Å²) in [5.74, 6) is -0.366. The maximum absolute atomic E-state index is 13.4. The van der Waals surface area contributed by atoms with Crippen molar-refractivity contribution in [3.05, 3.63) is 34.6 Å². The highest BCUT2D eigenvalue weighted by Crippen LogP contribution is 2.20. The van der Waals surface area contributed by atoms with Gasteiger partial charge in [-0.25, -0.2) is 4.39 Å². The minimum atomic E-state index is -0.366. The number of nitrogens with one attached hydrogen (secondary N) is 1. The molecular weight excluding hydrogens is 251 g/mol. The van der Waals surface area contributed by atoms with Crippen molar-refractivity contribution in [1.82, 2.24) is 10.2 Å². The second kappa shape index (κ2) is 6.00. The van der Waals surface area contributed by atoms with Crippen molar-refractivity contribution in [2.75, 3.05) is 20.6 Å². The number of nitrogens with zero attached hydrogens (tertiary/aromatic N) is 1. The van der Waals surface area contributed by atoms with Crippen LogP contribution in [0.15, 0.2) is 18.2 Å². The van der Waals surface area contributed by atoms with Crippen molar-refractivity contribution in [1.29, 1.82) is 0 Å². The molecule has 1 N–H and O–H groups in total. The molecule has 0 aromatic heterocycles. The SMILES string of the molecule is CC(NCC(C)(C)N(C)C)c1ccc(Cl)c(F)c1. The average Bonchev–Trinajstić information content (AvgIpc) is 2.29. The first-order valence-electron chi connectivity index (χ1n) is 6.10. The summed E-state index contributed by atoms with van der Waals surface area (Å²) in [5, 5.41) is 3.58. The van der Waals surface area contributed by atoms with Gasteiger partial charge in [0.1, 0.15) is 5.82 Å². The van der Waals surface area contributed by atoms with Crippen LogP contribution >= 0.6 is 11.6 Å². The van der Waals surface area contributed by atoms with Crippen molar-refractivity contribution >= 4 is 11.6 Å². The molecule has 0 saturated heterocycles. The molecular formula is C14H22ClFN2. The van der Waals surface area contributed by atoms with Crippen LogP contribution in [0, 0.1) is 5.82 Å². The molecule has 1 aromatic carbocycles. The molecule has 1 atom stereocenters. The lowest BCUT2D eigenvalue weighted by atomic mass is 10.0. The number of hydrogen-bond donors (Lipinski definition) is 1. The van der Waals surface area contributed by atoms with Gasteiger partial charge >= 0.3 is 0 Å². The molecule has 18 heavy (non-hydrogen) atoms. The van der Waals surface area contributed by atoms with Crippen LogP contribution in [0.2, 0.25) is 5.02 Å². The highest BCUT2D eigenvalue weighted by Gasteiger charge is 2.21. The molecule has 2 nitrogen and oxygen atoms in total. The van der Waals surface area contributed by atoms with Crippen LogP contribution in [0.1, 0.15) is 32.4 Å². The first-order chi connectivity index (χ1) is 8.24. The fourth-order valence-electron chi connectivity index (χ4n) is 1.46. The highest BCUT2D eigenvalue weighted by atomic mass is 35.5. The summed E-state index contributed by atoms with van der Waals surface area (Å²) in [6.07, 6.45) is 0. The van der Waals surface area contributed by atoms with E-state index < -0.39 is 0 Å². The second-order valence-corrected chi connectivity index (χ2v) is 5.89. The first-order valence-corrected chi connectivity index (χ1v) is 6.47. The van der Waals surface area contributed by atoms with Crippen LogP contribution in [-0.2, 0) is 0 Å². The number of hydrogen-bond acceptors (Lipinski definition) is 2. The lowest BCUT2D eigenvalue weighted by Crippen LogP contribution is -2.47. The smallest absolute Gasteiger partial charge is 0.142 e. The van der Waals surface area contributed by atoms with Gasteiger partial charge in [0.15, 0.2) is 0 Å². The maximum Gasteiger partial charge on any atom is 0.142 e. The molecule has 0 fully saturated rings. The molecule has 0 amide bonds. The summed E-state index contributed by atoms with van der Waals surface area (Å²) < 4.78 is 13.4. The molecule has 0 aliphatic carbocycles. The lowest BCUT2D eigenvalue weighted by Gasteiger charge is -2.34. The van der Waals surface area contributed by atoms with Gasteiger partial charge < -0.3 is 10.2 Å². The van der Waals surface area contributed by atoms with Crippen LogP contribution in [0.4, 0.5) is 4.39 Å². The Morgan fingerprint density at radius 2 is 2.00 bits per heavy atom. The van der Waals surface area contributed by atoms with E-state index in [-0.39, 0.29) is 22.4 Å². The van der Waals surface area contributed by atoms with Gasteiger partial charge in [-0.3, -0.25) is 0 Å². The lowest BCUT2D eigenvalue weighted by molar-refractivity contribution is 0.185. The molecule has 1 aromatic rings. The van der Waals surface area contributed by atoms with Crippen LogP contribution in [0.3, 0.4) is 0 Å². The summed E-state index contributed by atoms with van der Waals surface area (Å²) in [4.78, 5) is 2.16. The quantitative estimate of drug-likeness (QED) is 0.883. The van der Waals surface area contributed by atoms with E-state index in [0.717, 1.165) is 12.1 Å².